The number of primary amides is 1. The number of nitrogen functional groups attached to an aromatic ring is 1. The van der Waals surface area contributed by atoms with Gasteiger partial charge in [-0.25, -0.2) is 4.79 Å². The van der Waals surface area contributed by atoms with Crippen molar-refractivity contribution in [2.45, 2.75) is 26.4 Å². The molecule has 92 valence electrons. The van der Waals surface area contributed by atoms with Crippen LogP contribution in [-0.2, 0) is 9.53 Å². The van der Waals surface area contributed by atoms with E-state index in [0.717, 1.165) is 5.56 Å². The Bertz CT molecular complexity index is 443. The van der Waals surface area contributed by atoms with Crippen molar-refractivity contribution in [3.8, 4) is 0 Å². The van der Waals surface area contributed by atoms with E-state index >= 15 is 0 Å². The summed E-state index contributed by atoms with van der Waals surface area (Å²) in [6.07, 6.45) is -0.574. The minimum absolute atomic E-state index is 0.254. The van der Waals surface area contributed by atoms with Crippen molar-refractivity contribution in [2.75, 3.05) is 5.73 Å². The molecule has 0 aliphatic rings. The second-order valence-corrected chi connectivity index (χ2v) is 3.80. The minimum atomic E-state index is -0.914. The molecule has 0 saturated carbocycles. The smallest absolute Gasteiger partial charge is 0.341 e. The lowest BCUT2D eigenvalue weighted by Gasteiger charge is -2.13. The summed E-state index contributed by atoms with van der Waals surface area (Å²) in [5, 5.41) is 0. The SMILES string of the molecule is CCC(OC(=O)c1cc(C)ccc1N)C(N)=O. The number of rotatable bonds is 4. The molecule has 0 saturated heterocycles. The molecule has 1 aromatic rings. The van der Waals surface area contributed by atoms with Gasteiger partial charge in [-0.2, -0.15) is 0 Å². The topological polar surface area (TPSA) is 95.4 Å². The van der Waals surface area contributed by atoms with Gasteiger partial charge in [0.1, 0.15) is 0 Å². The number of aryl methyl sites for hydroxylation is 1. The largest absolute Gasteiger partial charge is 0.449 e. The summed E-state index contributed by atoms with van der Waals surface area (Å²) >= 11 is 0. The predicted octanol–water partition coefficient (Wildman–Crippen LogP) is 0.998. The van der Waals surface area contributed by atoms with Crippen LogP contribution in [0.3, 0.4) is 0 Å². The summed E-state index contributed by atoms with van der Waals surface area (Å²) < 4.78 is 4.99. The second kappa shape index (κ2) is 5.34. The van der Waals surface area contributed by atoms with Gasteiger partial charge < -0.3 is 16.2 Å². The highest BCUT2D eigenvalue weighted by Crippen LogP contribution is 2.16. The number of esters is 1. The van der Waals surface area contributed by atoms with E-state index in [4.69, 9.17) is 16.2 Å². The standard InChI is InChI=1S/C12H16N2O3/c1-3-10(11(14)15)17-12(16)8-6-7(2)4-5-9(8)13/h4-6,10H,3,13H2,1-2H3,(H2,14,15). The molecule has 5 heteroatoms. The molecule has 0 spiro atoms. The molecule has 0 fully saturated rings. The van der Waals surface area contributed by atoms with Crippen molar-refractivity contribution >= 4 is 17.6 Å². The molecule has 4 N–H and O–H groups in total. The van der Waals surface area contributed by atoms with Gasteiger partial charge in [-0.3, -0.25) is 4.79 Å². The first-order chi connectivity index (χ1) is 7.95. The fraction of sp³-hybridized carbons (Fsp3) is 0.333. The van der Waals surface area contributed by atoms with Gasteiger partial charge in [-0.1, -0.05) is 18.6 Å². The third-order valence-corrected chi connectivity index (χ3v) is 2.37. The zero-order chi connectivity index (χ0) is 13.0. The van der Waals surface area contributed by atoms with E-state index in [1.165, 1.54) is 0 Å². The summed E-state index contributed by atoms with van der Waals surface area (Å²) in [4.78, 5) is 22.7. The molecule has 1 aromatic carbocycles. The molecular weight excluding hydrogens is 220 g/mol. The minimum Gasteiger partial charge on any atom is -0.449 e. The Balaban J connectivity index is 2.89. The summed E-state index contributed by atoms with van der Waals surface area (Å²) in [6.45, 7) is 3.55. The van der Waals surface area contributed by atoms with Crippen molar-refractivity contribution in [3.05, 3.63) is 29.3 Å². The molecule has 0 aromatic heterocycles. The lowest BCUT2D eigenvalue weighted by atomic mass is 10.1. The second-order valence-electron chi connectivity index (χ2n) is 3.80. The Morgan fingerprint density at radius 3 is 2.59 bits per heavy atom. The van der Waals surface area contributed by atoms with Crippen molar-refractivity contribution in [2.24, 2.45) is 5.73 Å². The van der Waals surface area contributed by atoms with Crippen LogP contribution in [0.5, 0.6) is 0 Å². The molecule has 0 heterocycles. The summed E-state index contributed by atoms with van der Waals surface area (Å²) in [6, 6.07) is 5.03. The van der Waals surface area contributed by atoms with Gasteiger partial charge in [0.05, 0.1) is 5.56 Å². The van der Waals surface area contributed by atoms with Gasteiger partial charge in [0.25, 0.3) is 5.91 Å². The highest BCUT2D eigenvalue weighted by Gasteiger charge is 2.20. The zero-order valence-corrected chi connectivity index (χ0v) is 9.90. The van der Waals surface area contributed by atoms with Crippen LogP contribution in [0.25, 0.3) is 0 Å². The molecule has 1 atom stereocenters. The van der Waals surface area contributed by atoms with E-state index in [1.807, 2.05) is 6.92 Å². The van der Waals surface area contributed by atoms with E-state index in [2.05, 4.69) is 0 Å². The molecule has 1 rings (SSSR count). The molecule has 1 amide bonds. The monoisotopic (exact) mass is 236 g/mol. The first-order valence-corrected chi connectivity index (χ1v) is 5.32. The number of amides is 1. The van der Waals surface area contributed by atoms with Gasteiger partial charge >= 0.3 is 5.97 Å². The normalized spacial score (nSPS) is 11.9. The average molecular weight is 236 g/mol. The number of anilines is 1. The summed E-state index contributed by atoms with van der Waals surface area (Å²) in [7, 11) is 0. The highest BCUT2D eigenvalue weighted by molar-refractivity contribution is 5.96. The maximum Gasteiger partial charge on any atom is 0.341 e. The number of ether oxygens (including phenoxy) is 1. The fourth-order valence-electron chi connectivity index (χ4n) is 1.38. The number of benzene rings is 1. The van der Waals surface area contributed by atoms with Crippen LogP contribution in [0.1, 0.15) is 29.3 Å². The molecule has 0 bridgehead atoms. The number of carbonyl (C=O) groups excluding carboxylic acids is 2. The highest BCUT2D eigenvalue weighted by atomic mass is 16.5. The van der Waals surface area contributed by atoms with Crippen LogP contribution in [-0.4, -0.2) is 18.0 Å². The Labute approximate surface area is 99.7 Å². The first-order valence-electron chi connectivity index (χ1n) is 5.32. The lowest BCUT2D eigenvalue weighted by Crippen LogP contribution is -2.32. The number of hydrogen-bond donors (Lipinski definition) is 2. The Hall–Kier alpha value is -2.04. The molecular formula is C12H16N2O3. The Morgan fingerprint density at radius 2 is 2.06 bits per heavy atom. The van der Waals surface area contributed by atoms with Crippen LogP contribution in [0, 0.1) is 6.92 Å². The number of nitrogens with two attached hydrogens (primary N) is 2. The van der Waals surface area contributed by atoms with Gasteiger partial charge in [-0.05, 0) is 25.5 Å². The number of carbonyl (C=O) groups is 2. The van der Waals surface area contributed by atoms with Crippen molar-refractivity contribution in [1.29, 1.82) is 0 Å². The maximum atomic E-state index is 11.8. The molecule has 0 aliphatic heterocycles. The van der Waals surface area contributed by atoms with Crippen LogP contribution < -0.4 is 11.5 Å². The molecule has 17 heavy (non-hydrogen) atoms. The van der Waals surface area contributed by atoms with Crippen LogP contribution >= 0.6 is 0 Å². The quantitative estimate of drug-likeness (QED) is 0.602. The summed E-state index contributed by atoms with van der Waals surface area (Å²) in [5.41, 5.74) is 12.2. The van der Waals surface area contributed by atoms with Crippen molar-refractivity contribution in [3.63, 3.8) is 0 Å². The molecule has 0 aliphatic carbocycles. The third kappa shape index (κ3) is 3.21. The predicted molar refractivity (Wildman–Crippen MR) is 64.3 cm³/mol. The molecule has 1 unspecified atom stereocenters. The Morgan fingerprint density at radius 1 is 1.41 bits per heavy atom. The molecule has 0 radical (unpaired) electrons. The van der Waals surface area contributed by atoms with Crippen LogP contribution in [0.2, 0.25) is 0 Å². The van der Waals surface area contributed by atoms with Crippen LogP contribution in [0.15, 0.2) is 18.2 Å². The van der Waals surface area contributed by atoms with Gasteiger partial charge in [-0.15, -0.1) is 0 Å². The lowest BCUT2D eigenvalue weighted by molar-refractivity contribution is -0.126. The van der Waals surface area contributed by atoms with Crippen LogP contribution in [0.4, 0.5) is 5.69 Å². The number of hydrogen-bond acceptors (Lipinski definition) is 4. The third-order valence-electron chi connectivity index (χ3n) is 2.37. The zero-order valence-electron chi connectivity index (χ0n) is 9.90. The van der Waals surface area contributed by atoms with E-state index in [-0.39, 0.29) is 5.56 Å². The van der Waals surface area contributed by atoms with E-state index in [1.54, 1.807) is 25.1 Å². The maximum absolute atomic E-state index is 11.8. The molecule has 5 nitrogen and oxygen atoms in total. The van der Waals surface area contributed by atoms with Crippen molar-refractivity contribution in [1.82, 2.24) is 0 Å². The van der Waals surface area contributed by atoms with Gasteiger partial charge in [0, 0.05) is 5.69 Å². The van der Waals surface area contributed by atoms with E-state index in [0.29, 0.717) is 12.1 Å². The Kier molecular flexibility index (Phi) is 4.09. The first kappa shape index (κ1) is 13.0. The van der Waals surface area contributed by atoms with E-state index < -0.39 is 18.0 Å². The van der Waals surface area contributed by atoms with Gasteiger partial charge in [0.15, 0.2) is 6.10 Å². The average Bonchev–Trinajstić information content (AvgIpc) is 2.28. The van der Waals surface area contributed by atoms with Gasteiger partial charge in [0.2, 0.25) is 0 Å². The van der Waals surface area contributed by atoms with Crippen molar-refractivity contribution < 1.29 is 14.3 Å². The van der Waals surface area contributed by atoms with E-state index in [9.17, 15) is 9.59 Å². The summed E-state index contributed by atoms with van der Waals surface area (Å²) in [5.74, 6) is -1.29. The fourth-order valence-corrected chi connectivity index (χ4v) is 1.38.